The zero-order chi connectivity index (χ0) is 18.0. The van der Waals surface area contributed by atoms with Gasteiger partial charge < -0.3 is 10.1 Å². The maximum atomic E-state index is 12.6. The van der Waals surface area contributed by atoms with E-state index in [1.165, 1.54) is 0 Å². The molecule has 0 radical (unpaired) electrons. The number of allylic oxidation sites excluding steroid dienone is 1. The van der Waals surface area contributed by atoms with Gasteiger partial charge in [-0.05, 0) is 43.2 Å². The Bertz CT molecular complexity index is 857. The fraction of sp³-hybridized carbons (Fsp3) is 0.300. The standard InChI is InChI=1S/C20H22N2O3/c1-4-22-13(3)17(19(23)25-5-2)18(21-20(22)24)16-11-10-14-8-6-7-9-15(14)12-16/h6-12,18H,4-5H2,1-3H3,(H,21,24)/t18-/m0/s1. The summed E-state index contributed by atoms with van der Waals surface area (Å²) in [6.07, 6.45) is 0. The Labute approximate surface area is 147 Å². The third-order valence-corrected chi connectivity index (χ3v) is 4.51. The molecular formula is C20H22N2O3. The summed E-state index contributed by atoms with van der Waals surface area (Å²) in [6, 6.07) is 13.2. The van der Waals surface area contributed by atoms with Gasteiger partial charge in [0, 0.05) is 12.2 Å². The lowest BCUT2D eigenvalue weighted by Gasteiger charge is -2.34. The highest BCUT2D eigenvalue weighted by Gasteiger charge is 2.35. The van der Waals surface area contributed by atoms with E-state index < -0.39 is 12.0 Å². The minimum Gasteiger partial charge on any atom is -0.463 e. The maximum absolute atomic E-state index is 12.6. The lowest BCUT2D eigenvalue weighted by Crippen LogP contribution is -2.47. The van der Waals surface area contributed by atoms with Crippen molar-refractivity contribution in [3.8, 4) is 0 Å². The molecule has 130 valence electrons. The van der Waals surface area contributed by atoms with Crippen molar-refractivity contribution >= 4 is 22.8 Å². The number of ether oxygens (including phenoxy) is 1. The van der Waals surface area contributed by atoms with Crippen molar-refractivity contribution in [2.24, 2.45) is 0 Å². The summed E-state index contributed by atoms with van der Waals surface area (Å²) in [5.74, 6) is -0.392. The largest absolute Gasteiger partial charge is 0.463 e. The molecule has 25 heavy (non-hydrogen) atoms. The molecule has 5 nitrogen and oxygen atoms in total. The van der Waals surface area contributed by atoms with Crippen molar-refractivity contribution in [2.45, 2.75) is 26.8 Å². The summed E-state index contributed by atoms with van der Waals surface area (Å²) >= 11 is 0. The Morgan fingerprint density at radius 1 is 1.16 bits per heavy atom. The number of benzene rings is 2. The van der Waals surface area contributed by atoms with Crippen molar-refractivity contribution < 1.29 is 14.3 Å². The summed E-state index contributed by atoms with van der Waals surface area (Å²) < 4.78 is 5.24. The first-order valence-electron chi connectivity index (χ1n) is 8.51. The summed E-state index contributed by atoms with van der Waals surface area (Å²) in [5.41, 5.74) is 1.99. The van der Waals surface area contributed by atoms with Gasteiger partial charge in [0.25, 0.3) is 0 Å². The number of esters is 1. The molecule has 0 saturated heterocycles. The van der Waals surface area contributed by atoms with Crippen LogP contribution in [0, 0.1) is 0 Å². The zero-order valence-electron chi connectivity index (χ0n) is 14.7. The summed E-state index contributed by atoms with van der Waals surface area (Å²) in [5, 5.41) is 5.12. The fourth-order valence-electron chi connectivity index (χ4n) is 3.27. The van der Waals surface area contributed by atoms with E-state index >= 15 is 0 Å². The summed E-state index contributed by atoms with van der Waals surface area (Å²) in [4.78, 5) is 26.6. The zero-order valence-corrected chi connectivity index (χ0v) is 14.7. The van der Waals surface area contributed by atoms with Crippen molar-refractivity contribution in [3.05, 3.63) is 59.3 Å². The minimum absolute atomic E-state index is 0.203. The van der Waals surface area contributed by atoms with Crippen molar-refractivity contribution in [1.82, 2.24) is 10.2 Å². The van der Waals surface area contributed by atoms with Gasteiger partial charge in [0.05, 0.1) is 18.2 Å². The molecule has 1 N–H and O–H groups in total. The quantitative estimate of drug-likeness (QED) is 0.864. The first-order valence-corrected chi connectivity index (χ1v) is 8.51. The van der Waals surface area contributed by atoms with Crippen LogP contribution in [0.2, 0.25) is 0 Å². The van der Waals surface area contributed by atoms with Gasteiger partial charge in [0.15, 0.2) is 0 Å². The Kier molecular flexibility index (Phi) is 4.74. The van der Waals surface area contributed by atoms with Crippen LogP contribution in [-0.4, -0.2) is 30.1 Å². The van der Waals surface area contributed by atoms with E-state index in [0.29, 0.717) is 24.4 Å². The summed E-state index contributed by atoms with van der Waals surface area (Å²) in [6.45, 7) is 6.23. The molecule has 1 aliphatic heterocycles. The molecule has 2 aromatic rings. The van der Waals surface area contributed by atoms with Gasteiger partial charge in [-0.3, -0.25) is 4.90 Å². The number of rotatable bonds is 4. The lowest BCUT2D eigenvalue weighted by molar-refractivity contribution is -0.139. The molecule has 0 saturated carbocycles. The Morgan fingerprint density at radius 3 is 2.56 bits per heavy atom. The van der Waals surface area contributed by atoms with Crippen LogP contribution in [0.5, 0.6) is 0 Å². The van der Waals surface area contributed by atoms with E-state index in [4.69, 9.17) is 4.74 Å². The van der Waals surface area contributed by atoms with Gasteiger partial charge in [-0.15, -0.1) is 0 Å². The Balaban J connectivity index is 2.11. The normalized spacial score (nSPS) is 17.6. The van der Waals surface area contributed by atoms with Gasteiger partial charge in [-0.2, -0.15) is 0 Å². The molecule has 2 amide bonds. The number of carbonyl (C=O) groups excluding carboxylic acids is 2. The minimum atomic E-state index is -0.515. The molecule has 1 aliphatic rings. The predicted molar refractivity (Wildman–Crippen MR) is 96.9 cm³/mol. The average Bonchev–Trinajstić information content (AvgIpc) is 2.61. The molecule has 3 rings (SSSR count). The Hall–Kier alpha value is -2.82. The molecule has 0 aliphatic carbocycles. The van der Waals surface area contributed by atoms with Crippen LogP contribution in [0.25, 0.3) is 10.8 Å². The average molecular weight is 338 g/mol. The Morgan fingerprint density at radius 2 is 1.88 bits per heavy atom. The highest BCUT2D eigenvalue weighted by molar-refractivity contribution is 5.95. The molecule has 0 fully saturated rings. The highest BCUT2D eigenvalue weighted by Crippen LogP contribution is 2.32. The SMILES string of the molecule is CCOC(=O)C1=C(C)N(CC)C(=O)N[C@H]1c1ccc2ccccc2c1. The van der Waals surface area contributed by atoms with Gasteiger partial charge in [-0.25, -0.2) is 9.59 Å². The molecule has 5 heteroatoms. The van der Waals surface area contributed by atoms with Crippen LogP contribution in [-0.2, 0) is 9.53 Å². The monoisotopic (exact) mass is 338 g/mol. The van der Waals surface area contributed by atoms with Crippen molar-refractivity contribution in [3.63, 3.8) is 0 Å². The molecule has 0 spiro atoms. The van der Waals surface area contributed by atoms with Gasteiger partial charge in [-0.1, -0.05) is 36.4 Å². The third-order valence-electron chi connectivity index (χ3n) is 4.51. The first-order chi connectivity index (χ1) is 12.1. The third kappa shape index (κ3) is 3.09. The molecule has 1 atom stereocenters. The molecule has 0 aromatic heterocycles. The van der Waals surface area contributed by atoms with Crippen LogP contribution in [0.3, 0.4) is 0 Å². The number of nitrogens with zero attached hydrogens (tertiary/aromatic N) is 1. The lowest BCUT2D eigenvalue weighted by atomic mass is 9.93. The second kappa shape index (κ2) is 6.97. The summed E-state index contributed by atoms with van der Waals surface area (Å²) in [7, 11) is 0. The molecule has 2 aromatic carbocycles. The van der Waals surface area contributed by atoms with Crippen molar-refractivity contribution in [2.75, 3.05) is 13.2 Å². The topological polar surface area (TPSA) is 58.6 Å². The molecular weight excluding hydrogens is 316 g/mol. The number of hydrogen-bond donors (Lipinski definition) is 1. The predicted octanol–water partition coefficient (Wildman–Crippen LogP) is 3.76. The maximum Gasteiger partial charge on any atom is 0.338 e. The van der Waals surface area contributed by atoms with Crippen LogP contribution < -0.4 is 5.32 Å². The van der Waals surface area contributed by atoms with Crippen LogP contribution >= 0.6 is 0 Å². The molecule has 0 unspecified atom stereocenters. The van der Waals surface area contributed by atoms with Gasteiger partial charge in [0.2, 0.25) is 0 Å². The van der Waals surface area contributed by atoms with Crippen molar-refractivity contribution in [1.29, 1.82) is 0 Å². The van der Waals surface area contributed by atoms with Crippen LogP contribution in [0.1, 0.15) is 32.4 Å². The number of nitrogens with one attached hydrogen (secondary N) is 1. The number of amides is 2. The van der Waals surface area contributed by atoms with E-state index in [9.17, 15) is 9.59 Å². The fourth-order valence-corrected chi connectivity index (χ4v) is 3.27. The van der Waals surface area contributed by atoms with Crippen LogP contribution in [0.4, 0.5) is 4.79 Å². The van der Waals surface area contributed by atoms with E-state index in [2.05, 4.69) is 5.32 Å². The van der Waals surface area contributed by atoms with E-state index in [1.807, 2.05) is 49.4 Å². The number of fused-ring (bicyclic) bond motifs is 1. The number of carbonyl (C=O) groups is 2. The van der Waals surface area contributed by atoms with E-state index in [1.54, 1.807) is 18.7 Å². The highest BCUT2D eigenvalue weighted by atomic mass is 16.5. The smallest absolute Gasteiger partial charge is 0.338 e. The first kappa shape index (κ1) is 17.0. The second-order valence-corrected chi connectivity index (χ2v) is 5.95. The second-order valence-electron chi connectivity index (χ2n) is 5.95. The van der Waals surface area contributed by atoms with E-state index in [-0.39, 0.29) is 6.03 Å². The van der Waals surface area contributed by atoms with E-state index in [0.717, 1.165) is 16.3 Å². The van der Waals surface area contributed by atoms with Gasteiger partial charge in [0.1, 0.15) is 0 Å². The van der Waals surface area contributed by atoms with Crippen LogP contribution in [0.15, 0.2) is 53.7 Å². The molecule has 0 bridgehead atoms. The number of hydrogen-bond acceptors (Lipinski definition) is 3. The van der Waals surface area contributed by atoms with Gasteiger partial charge >= 0.3 is 12.0 Å². The number of urea groups is 1. The molecule has 1 heterocycles.